The van der Waals surface area contributed by atoms with Crippen molar-refractivity contribution in [2.45, 2.75) is 135 Å². The fraction of sp³-hybridized carbons (Fsp3) is 0.838. The van der Waals surface area contributed by atoms with Gasteiger partial charge in [-0.1, -0.05) is 90.4 Å². The van der Waals surface area contributed by atoms with E-state index in [0.29, 0.717) is 17.4 Å². The number of amides is 1. The molecule has 0 bridgehead atoms. The van der Waals surface area contributed by atoms with Crippen LogP contribution in [-0.4, -0.2) is 129 Å². The molecule has 0 spiro atoms. The molecule has 0 rings (SSSR count). The molecule has 0 heterocycles. The molecule has 0 aliphatic rings. The van der Waals surface area contributed by atoms with E-state index in [-0.39, 0.29) is 77.3 Å². The monoisotopic (exact) mass is 1120 g/mol. The van der Waals surface area contributed by atoms with E-state index in [4.69, 9.17) is 52.7 Å². The smallest absolute Gasteiger partial charge is 0.693 e. The number of phosphoric acid groups is 1. The van der Waals surface area contributed by atoms with Crippen LogP contribution >= 0.6 is 26.7 Å². The summed E-state index contributed by atoms with van der Waals surface area (Å²) in [5.41, 5.74) is 0. The van der Waals surface area contributed by atoms with Gasteiger partial charge in [-0.15, -0.1) is 0 Å². The van der Waals surface area contributed by atoms with Crippen LogP contribution in [0.15, 0.2) is 0 Å². The molecular weight excluding hydrogens is 1050 g/mol. The average molecular weight is 1130 g/mol. The molecule has 61 heavy (non-hydrogen) atoms. The van der Waals surface area contributed by atoms with E-state index >= 15 is 0 Å². The number of hydrogen-bond donors (Lipinski definition) is 5. The van der Waals surface area contributed by atoms with E-state index in [0.717, 1.165) is 19.3 Å². The van der Waals surface area contributed by atoms with Crippen molar-refractivity contribution in [3.63, 3.8) is 0 Å². The second-order valence-corrected chi connectivity index (χ2v) is 19.2. The Morgan fingerprint density at radius 2 is 1.11 bits per heavy atom. The Hall–Kier alpha value is -1.96. The molecule has 0 aromatic rings. The van der Waals surface area contributed by atoms with Gasteiger partial charge in [-0.05, 0) is 6.42 Å². The number of esters is 2. The van der Waals surface area contributed by atoms with Gasteiger partial charge in [0.15, 0.2) is 6.10 Å². The summed E-state index contributed by atoms with van der Waals surface area (Å²) < 4.78 is 33.1. The second-order valence-electron chi connectivity index (χ2n) is 14.5. The van der Waals surface area contributed by atoms with Crippen LogP contribution in [0.1, 0.15) is 129 Å². The van der Waals surface area contributed by atoms with Crippen molar-refractivity contribution in [2.24, 2.45) is 0 Å². The Kier molecular flexibility index (Phi) is 51.4. The number of hydrogen-bond acceptors (Lipinski definition) is 13. The van der Waals surface area contributed by atoms with Gasteiger partial charge < -0.3 is 66.2 Å². The zero-order valence-corrected chi connectivity index (χ0v) is 41.0. The number of carbonyl (C=O) groups excluding carboxylic acids is 3. The number of carboxylic acid groups (broad SMARTS) is 3. The molecule has 1 amide bonds. The van der Waals surface area contributed by atoms with Gasteiger partial charge in [-0.3, -0.25) is 33.3 Å². The van der Waals surface area contributed by atoms with Crippen LogP contribution in [0.4, 0.5) is 0 Å². The molecule has 0 aromatic heterocycles. The third kappa shape index (κ3) is 60.2. The standard InChI is InChI=1S/C33H64N3O11P.C4H6O4.2ClH.2H2N.Pt/c1-5-6-7-8-9-10-11-12-13-14-15-16-17-18-19-32(40)44-27-29(28-46-48(42,43)45-25-24-36(2,3)4)47-33(41)26-34-22-23-35-30(37)20-21-31(38)39;5-3(6)1-2-4(7)8;;;;;/h29,34H,5-28H2,1-4H3,(H2-,35,37,38,39,42,43);1-2H2,(H,5,6)(H,7,8);2*1H;2*1H2;/q;;;;2*-1;+4/p-2/t29-;;;;;;/m1....../s1. The zero-order chi connectivity index (χ0) is 45.4. The largest absolute Gasteiger partial charge is 0.693 e. The summed E-state index contributed by atoms with van der Waals surface area (Å²) in [7, 11) is 10.7. The maximum Gasteiger partial charge on any atom is -0.693 e. The van der Waals surface area contributed by atoms with Gasteiger partial charge in [0.25, 0.3) is 7.82 Å². The Morgan fingerprint density at radius 3 is 1.56 bits per heavy atom. The number of aliphatic carboxylic acids is 3. The third-order valence-electron chi connectivity index (χ3n) is 7.90. The van der Waals surface area contributed by atoms with E-state index < -0.39 is 72.8 Å². The van der Waals surface area contributed by atoms with Crippen molar-refractivity contribution in [3.8, 4) is 0 Å². The van der Waals surface area contributed by atoms with Crippen LogP contribution in [0.3, 0.4) is 0 Å². The fourth-order valence-electron chi connectivity index (χ4n) is 4.71. The van der Waals surface area contributed by atoms with Crippen LogP contribution in [0.25, 0.3) is 12.3 Å². The van der Waals surface area contributed by atoms with Crippen molar-refractivity contribution in [1.29, 1.82) is 0 Å². The molecule has 0 saturated carbocycles. The van der Waals surface area contributed by atoms with E-state index in [1.54, 1.807) is 0 Å². The van der Waals surface area contributed by atoms with Crippen LogP contribution in [0.5, 0.6) is 0 Å². The van der Waals surface area contributed by atoms with Crippen LogP contribution < -0.4 is 15.5 Å². The van der Waals surface area contributed by atoms with Crippen LogP contribution in [0, 0.1) is 0 Å². The molecule has 0 aliphatic carbocycles. The maximum absolute atomic E-state index is 12.4. The summed E-state index contributed by atoms with van der Waals surface area (Å²) in [4.78, 5) is 78.4. The first-order valence-electron chi connectivity index (χ1n) is 20.0. The first-order chi connectivity index (χ1) is 27.8. The minimum Gasteiger partial charge on any atom is -0.693 e. The number of nitrogens with zero attached hydrogens (tertiary/aromatic N) is 1. The van der Waals surface area contributed by atoms with E-state index in [9.17, 15) is 38.2 Å². The summed E-state index contributed by atoms with van der Waals surface area (Å²) in [5.74, 6) is -4.89. The number of halogens is 2. The summed E-state index contributed by atoms with van der Waals surface area (Å²) in [6, 6.07) is 0. The number of nitrogens with two attached hydrogens (primary N) is 2. The minimum atomic E-state index is -4.70. The predicted octanol–water partition coefficient (Wildman–Crippen LogP) is 6.84. The van der Waals surface area contributed by atoms with E-state index in [1.807, 2.05) is 21.1 Å². The van der Waals surface area contributed by atoms with Gasteiger partial charge in [0.05, 0.1) is 53.6 Å². The van der Waals surface area contributed by atoms with Crippen molar-refractivity contribution in [3.05, 3.63) is 12.3 Å². The molecule has 0 aromatic carbocycles. The molecule has 1 unspecified atom stereocenters. The first kappa shape index (κ1) is 68.1. The third-order valence-corrected chi connectivity index (χ3v) is 8.87. The predicted molar refractivity (Wildman–Crippen MR) is 228 cm³/mol. The molecule has 0 aliphatic heterocycles. The Morgan fingerprint density at radius 1 is 0.672 bits per heavy atom. The van der Waals surface area contributed by atoms with Crippen molar-refractivity contribution >= 4 is 62.4 Å². The quantitative estimate of drug-likeness (QED) is 0.0186. The molecule has 9 N–H and O–H groups in total. The number of unbranched alkanes of at least 4 members (excludes halogenated alkanes) is 13. The molecule has 366 valence electrons. The molecule has 0 saturated heterocycles. The molecule has 0 radical (unpaired) electrons. The Balaban J connectivity index is -0.000000706. The summed E-state index contributed by atoms with van der Waals surface area (Å²) >= 11 is -0.472. The molecule has 24 heteroatoms. The van der Waals surface area contributed by atoms with E-state index in [2.05, 4.69) is 17.6 Å². The summed E-state index contributed by atoms with van der Waals surface area (Å²) in [5, 5.41) is 29.7. The summed E-state index contributed by atoms with van der Waals surface area (Å²) in [6.45, 7) is 1.64. The number of carboxylic acids is 3. The van der Waals surface area contributed by atoms with Gasteiger partial charge in [0.2, 0.25) is 5.91 Å². The van der Waals surface area contributed by atoms with E-state index in [1.165, 1.54) is 64.2 Å². The van der Waals surface area contributed by atoms with Crippen molar-refractivity contribution in [1.82, 2.24) is 10.6 Å². The number of likely N-dealkylation sites (N-methyl/N-ethyl adjacent to an activating group) is 1. The molecule has 20 nitrogen and oxygen atoms in total. The molecular formula is C37H74Cl2N5O15PPt. The molecule has 0 fully saturated rings. The van der Waals surface area contributed by atoms with Gasteiger partial charge in [0.1, 0.15) is 19.8 Å². The number of ether oxygens (including phenoxy) is 2. The normalized spacial score (nSPS) is 12.0. The van der Waals surface area contributed by atoms with Crippen LogP contribution in [0.2, 0.25) is 0 Å². The maximum atomic E-state index is 12.4. The first-order valence-corrected chi connectivity index (χ1v) is 27.1. The topological polar surface area (TPSA) is 331 Å². The fourth-order valence-corrected chi connectivity index (χ4v) is 5.44. The molecule has 2 atom stereocenters. The number of carbonyl (C=O) groups is 6. The zero-order valence-electron chi connectivity index (χ0n) is 36.3. The second kappa shape index (κ2) is 46.0. The van der Waals surface area contributed by atoms with Gasteiger partial charge in [-0.25, -0.2) is 0 Å². The van der Waals surface area contributed by atoms with Gasteiger partial charge in [-0.2, -0.15) is 0 Å². The number of rotatable bonds is 36. The SMILES string of the molecule is CCCCCCCCCCCCCCCCC(=O)OC[C@H](COP(=O)([O-])OCC[N+](C)(C)C)OC(=O)CNCCNC(=O)CCC(=O)O.O=C(O)CCC(=O)O.[Cl][Pt+2][Cl].[NH2-].[NH2-]. The van der Waals surface area contributed by atoms with Gasteiger partial charge >= 0.3 is 65.2 Å². The number of phosphoric ester groups is 1. The summed E-state index contributed by atoms with van der Waals surface area (Å²) in [6.07, 6.45) is 14.8. The Bertz CT molecular complexity index is 1180. The van der Waals surface area contributed by atoms with Gasteiger partial charge in [0, 0.05) is 25.9 Å². The number of quaternary nitrogens is 1. The van der Waals surface area contributed by atoms with Crippen molar-refractivity contribution < 1.29 is 93.0 Å². The number of nitrogens with one attached hydrogen (secondary N) is 2. The average Bonchev–Trinajstić information content (AvgIpc) is 3.14. The van der Waals surface area contributed by atoms with Crippen LogP contribution in [-0.2, 0) is 68.3 Å². The minimum absolute atomic E-state index is 0. The Labute approximate surface area is 379 Å². The van der Waals surface area contributed by atoms with Crippen molar-refractivity contribution in [2.75, 3.05) is 67.1 Å².